The fourth-order valence-electron chi connectivity index (χ4n) is 2.85. The highest BCUT2D eigenvalue weighted by molar-refractivity contribution is 7.89. The first-order valence-electron chi connectivity index (χ1n) is 8.76. The van der Waals surface area contributed by atoms with Gasteiger partial charge in [-0.3, -0.25) is 4.79 Å². The van der Waals surface area contributed by atoms with Crippen molar-refractivity contribution in [3.8, 4) is 0 Å². The summed E-state index contributed by atoms with van der Waals surface area (Å²) >= 11 is 0. The van der Waals surface area contributed by atoms with Crippen LogP contribution in [0.4, 0.5) is 4.39 Å². The fourth-order valence-corrected chi connectivity index (χ4v) is 4.37. The Hall–Kier alpha value is -2.51. The molecule has 0 aromatic heterocycles. The summed E-state index contributed by atoms with van der Waals surface area (Å²) in [7, 11) is -3.42. The van der Waals surface area contributed by atoms with E-state index in [1.165, 1.54) is 22.5 Å². The van der Waals surface area contributed by atoms with Crippen LogP contribution in [0.2, 0.25) is 0 Å². The lowest BCUT2D eigenvalue weighted by atomic mass is 10.2. The van der Waals surface area contributed by atoms with Crippen LogP contribution in [0.5, 0.6) is 0 Å². The van der Waals surface area contributed by atoms with Crippen molar-refractivity contribution in [2.24, 2.45) is 0 Å². The number of carbonyl (C=O) groups excluding carboxylic acids is 1. The highest BCUT2D eigenvalue weighted by Crippen LogP contribution is 2.21. The first-order chi connectivity index (χ1) is 12.9. The van der Waals surface area contributed by atoms with Crippen LogP contribution < -0.4 is 5.32 Å². The smallest absolute Gasteiger partial charge is 0.244 e. The van der Waals surface area contributed by atoms with Crippen molar-refractivity contribution in [1.29, 1.82) is 0 Å². The molecular formula is C20H21FN2O3S. The lowest BCUT2D eigenvalue weighted by Crippen LogP contribution is -2.27. The molecule has 0 saturated carbocycles. The molecule has 1 aliphatic heterocycles. The molecule has 5 nitrogen and oxygen atoms in total. The Morgan fingerprint density at radius 3 is 2.30 bits per heavy atom. The number of benzene rings is 2. The second-order valence-electron chi connectivity index (χ2n) is 6.36. The molecule has 2 aromatic carbocycles. The van der Waals surface area contributed by atoms with Crippen molar-refractivity contribution in [3.63, 3.8) is 0 Å². The third kappa shape index (κ3) is 5.02. The fraction of sp³-hybridized carbons (Fsp3) is 0.250. The van der Waals surface area contributed by atoms with Crippen LogP contribution in [0.3, 0.4) is 0 Å². The van der Waals surface area contributed by atoms with Gasteiger partial charge in [-0.15, -0.1) is 0 Å². The number of nitrogens with zero attached hydrogens (tertiary/aromatic N) is 1. The van der Waals surface area contributed by atoms with Gasteiger partial charge >= 0.3 is 0 Å². The maximum absolute atomic E-state index is 12.8. The number of hydrogen-bond donors (Lipinski definition) is 1. The topological polar surface area (TPSA) is 66.5 Å². The molecule has 7 heteroatoms. The van der Waals surface area contributed by atoms with E-state index >= 15 is 0 Å². The van der Waals surface area contributed by atoms with Crippen molar-refractivity contribution in [2.75, 3.05) is 13.1 Å². The summed E-state index contributed by atoms with van der Waals surface area (Å²) in [5.74, 6) is -0.611. The maximum atomic E-state index is 12.8. The van der Waals surface area contributed by atoms with Crippen molar-refractivity contribution in [2.45, 2.75) is 24.3 Å². The number of carbonyl (C=O) groups is 1. The normalized spacial score (nSPS) is 15.3. The molecule has 1 heterocycles. The van der Waals surface area contributed by atoms with Crippen molar-refractivity contribution >= 4 is 22.0 Å². The first-order valence-corrected chi connectivity index (χ1v) is 10.2. The number of rotatable bonds is 6. The van der Waals surface area contributed by atoms with Crippen LogP contribution in [-0.4, -0.2) is 31.7 Å². The molecule has 1 aliphatic rings. The Kier molecular flexibility index (Phi) is 6.03. The van der Waals surface area contributed by atoms with Gasteiger partial charge in [-0.2, -0.15) is 4.31 Å². The van der Waals surface area contributed by atoms with Crippen molar-refractivity contribution in [1.82, 2.24) is 9.62 Å². The summed E-state index contributed by atoms with van der Waals surface area (Å²) in [5.41, 5.74) is 1.53. The minimum Gasteiger partial charge on any atom is -0.348 e. The minimum atomic E-state index is -3.42. The van der Waals surface area contributed by atoms with Crippen LogP contribution >= 0.6 is 0 Å². The number of halogens is 1. The number of nitrogens with one attached hydrogen (secondary N) is 1. The lowest BCUT2D eigenvalue weighted by Gasteiger charge is -2.15. The highest BCUT2D eigenvalue weighted by Gasteiger charge is 2.26. The maximum Gasteiger partial charge on any atom is 0.244 e. The van der Waals surface area contributed by atoms with E-state index in [4.69, 9.17) is 0 Å². The summed E-state index contributed by atoms with van der Waals surface area (Å²) < 4.78 is 39.3. The van der Waals surface area contributed by atoms with Gasteiger partial charge in [0.25, 0.3) is 0 Å². The number of sulfonamides is 1. The molecule has 1 amide bonds. The zero-order valence-corrected chi connectivity index (χ0v) is 15.6. The molecule has 0 aliphatic carbocycles. The van der Waals surface area contributed by atoms with Crippen LogP contribution in [0.1, 0.15) is 24.0 Å². The van der Waals surface area contributed by atoms with Crippen LogP contribution in [0, 0.1) is 5.82 Å². The molecule has 0 radical (unpaired) electrons. The second-order valence-corrected chi connectivity index (χ2v) is 8.30. The predicted octanol–water partition coefficient (Wildman–Crippen LogP) is 2.94. The summed E-state index contributed by atoms with van der Waals surface area (Å²) in [5, 5.41) is 2.73. The van der Waals surface area contributed by atoms with E-state index in [0.29, 0.717) is 13.1 Å². The van der Waals surface area contributed by atoms with Crippen LogP contribution in [0.25, 0.3) is 6.08 Å². The Balaban J connectivity index is 1.55. The third-order valence-corrected chi connectivity index (χ3v) is 6.30. The van der Waals surface area contributed by atoms with E-state index in [1.807, 2.05) is 0 Å². The summed E-state index contributed by atoms with van der Waals surface area (Å²) in [6.07, 6.45) is 4.77. The van der Waals surface area contributed by atoms with E-state index in [-0.39, 0.29) is 23.2 Å². The first kappa shape index (κ1) is 19.3. The molecule has 27 heavy (non-hydrogen) atoms. The van der Waals surface area contributed by atoms with E-state index in [0.717, 1.165) is 24.0 Å². The monoisotopic (exact) mass is 388 g/mol. The van der Waals surface area contributed by atoms with Gasteiger partial charge in [0.05, 0.1) is 4.90 Å². The molecular weight excluding hydrogens is 367 g/mol. The van der Waals surface area contributed by atoms with Gasteiger partial charge in [-0.25, -0.2) is 12.8 Å². The molecule has 0 bridgehead atoms. The third-order valence-electron chi connectivity index (χ3n) is 4.39. The van der Waals surface area contributed by atoms with E-state index in [9.17, 15) is 17.6 Å². The molecule has 2 aromatic rings. The van der Waals surface area contributed by atoms with Gasteiger partial charge in [0, 0.05) is 25.7 Å². The number of amides is 1. The van der Waals surface area contributed by atoms with E-state index in [2.05, 4.69) is 5.32 Å². The minimum absolute atomic E-state index is 0.274. The average Bonchev–Trinajstić information content (AvgIpc) is 3.22. The van der Waals surface area contributed by atoms with Gasteiger partial charge in [0.2, 0.25) is 15.9 Å². The Morgan fingerprint density at radius 2 is 1.67 bits per heavy atom. The molecule has 0 spiro atoms. The number of hydrogen-bond acceptors (Lipinski definition) is 3. The quantitative estimate of drug-likeness (QED) is 0.774. The van der Waals surface area contributed by atoms with Crippen LogP contribution in [0.15, 0.2) is 59.5 Å². The highest BCUT2D eigenvalue weighted by atomic mass is 32.2. The second kappa shape index (κ2) is 8.45. The van der Waals surface area contributed by atoms with Gasteiger partial charge < -0.3 is 5.32 Å². The molecule has 142 valence electrons. The molecule has 0 atom stereocenters. The molecule has 1 fully saturated rings. The lowest BCUT2D eigenvalue weighted by molar-refractivity contribution is -0.116. The summed E-state index contributed by atoms with van der Waals surface area (Å²) in [6.45, 7) is 1.43. The summed E-state index contributed by atoms with van der Waals surface area (Å²) in [6, 6.07) is 12.4. The van der Waals surface area contributed by atoms with E-state index in [1.54, 1.807) is 42.5 Å². The standard InChI is InChI=1S/C20H21FN2O3S/c21-18-8-3-16(4-9-18)7-12-20(24)22-15-17-5-10-19(11-6-17)27(25,26)23-13-1-2-14-23/h3-12H,1-2,13-15H2,(H,22,24)/b12-7+. The zero-order valence-electron chi connectivity index (χ0n) is 14.8. The predicted molar refractivity (Wildman–Crippen MR) is 102 cm³/mol. The Morgan fingerprint density at radius 1 is 1.04 bits per heavy atom. The molecule has 3 rings (SSSR count). The van der Waals surface area contributed by atoms with Crippen molar-refractivity contribution in [3.05, 3.63) is 71.6 Å². The van der Waals surface area contributed by atoms with Gasteiger partial charge in [-0.05, 0) is 54.3 Å². The molecule has 1 saturated heterocycles. The van der Waals surface area contributed by atoms with E-state index < -0.39 is 10.0 Å². The molecule has 1 N–H and O–H groups in total. The van der Waals surface area contributed by atoms with Gasteiger partial charge in [0.1, 0.15) is 5.82 Å². The summed E-state index contributed by atoms with van der Waals surface area (Å²) in [4.78, 5) is 12.2. The van der Waals surface area contributed by atoms with Gasteiger partial charge in [-0.1, -0.05) is 24.3 Å². The van der Waals surface area contributed by atoms with Crippen LogP contribution in [-0.2, 0) is 21.4 Å². The average molecular weight is 388 g/mol. The Labute approximate surface area is 158 Å². The molecule has 0 unspecified atom stereocenters. The SMILES string of the molecule is O=C(/C=C/c1ccc(F)cc1)NCc1ccc(S(=O)(=O)N2CCCC2)cc1. The van der Waals surface area contributed by atoms with Gasteiger partial charge in [0.15, 0.2) is 0 Å². The Bertz CT molecular complexity index is 917. The largest absolute Gasteiger partial charge is 0.348 e. The van der Waals surface area contributed by atoms with Crippen molar-refractivity contribution < 1.29 is 17.6 Å². The zero-order chi connectivity index (χ0) is 19.3.